The zero-order valence-corrected chi connectivity index (χ0v) is 12.2. The molecular formula is C17H22O3. The van der Waals surface area contributed by atoms with E-state index in [0.717, 1.165) is 17.5 Å². The van der Waals surface area contributed by atoms with Gasteiger partial charge in [0.1, 0.15) is 5.75 Å². The van der Waals surface area contributed by atoms with Gasteiger partial charge in [0.15, 0.2) is 0 Å². The van der Waals surface area contributed by atoms with Gasteiger partial charge in [-0.25, -0.2) is 0 Å². The van der Waals surface area contributed by atoms with Crippen molar-refractivity contribution in [2.24, 2.45) is 0 Å². The molecule has 0 radical (unpaired) electrons. The van der Waals surface area contributed by atoms with Gasteiger partial charge in [-0.2, -0.15) is 0 Å². The second-order valence-corrected chi connectivity index (χ2v) is 4.29. The molecule has 0 saturated carbocycles. The standard InChI is InChI=1S/C8H10O.C8H10.CH2O2/c1-6-3-7(2)5-8(9)4-6;1-2-8-6-4-3-5-7-8;2-1-3/h3-5,9H,1-2H3;3-7H,2H2,1H3;1H,(H,2,3). The highest BCUT2D eigenvalue weighted by molar-refractivity contribution is 5.32. The van der Waals surface area contributed by atoms with Crippen LogP contribution in [0.15, 0.2) is 48.5 Å². The minimum Gasteiger partial charge on any atom is -0.508 e. The van der Waals surface area contributed by atoms with Gasteiger partial charge in [0, 0.05) is 0 Å². The van der Waals surface area contributed by atoms with Crippen LogP contribution in [0.1, 0.15) is 23.6 Å². The quantitative estimate of drug-likeness (QED) is 0.774. The van der Waals surface area contributed by atoms with Crippen molar-refractivity contribution >= 4 is 6.47 Å². The summed E-state index contributed by atoms with van der Waals surface area (Å²) in [6.45, 7) is 5.84. The molecule has 0 spiro atoms. The fourth-order valence-electron chi connectivity index (χ4n) is 1.66. The fraction of sp³-hybridized carbons (Fsp3) is 0.235. The minimum atomic E-state index is -0.250. The Labute approximate surface area is 120 Å². The van der Waals surface area contributed by atoms with Crippen LogP contribution in [-0.2, 0) is 11.2 Å². The van der Waals surface area contributed by atoms with Gasteiger partial charge in [0.2, 0.25) is 0 Å². The van der Waals surface area contributed by atoms with E-state index in [2.05, 4.69) is 31.2 Å². The predicted molar refractivity (Wildman–Crippen MR) is 82.1 cm³/mol. The maximum Gasteiger partial charge on any atom is 0.290 e. The molecule has 0 unspecified atom stereocenters. The van der Waals surface area contributed by atoms with E-state index in [0.29, 0.717) is 5.75 Å². The summed E-state index contributed by atoms with van der Waals surface area (Å²) in [5.41, 5.74) is 3.62. The second kappa shape index (κ2) is 10.6. The average molecular weight is 274 g/mol. The van der Waals surface area contributed by atoms with E-state index >= 15 is 0 Å². The summed E-state index contributed by atoms with van der Waals surface area (Å²) in [6.07, 6.45) is 1.14. The van der Waals surface area contributed by atoms with Crippen LogP contribution in [0.4, 0.5) is 0 Å². The van der Waals surface area contributed by atoms with Crippen molar-refractivity contribution in [1.29, 1.82) is 0 Å². The van der Waals surface area contributed by atoms with E-state index in [1.54, 1.807) is 12.1 Å². The van der Waals surface area contributed by atoms with Gasteiger partial charge >= 0.3 is 0 Å². The normalized spacial score (nSPS) is 8.55. The molecule has 3 nitrogen and oxygen atoms in total. The van der Waals surface area contributed by atoms with E-state index in [-0.39, 0.29) is 6.47 Å². The fourth-order valence-corrected chi connectivity index (χ4v) is 1.66. The monoisotopic (exact) mass is 274 g/mol. The van der Waals surface area contributed by atoms with Gasteiger partial charge < -0.3 is 10.2 Å². The van der Waals surface area contributed by atoms with E-state index in [9.17, 15) is 0 Å². The third-order valence-electron chi connectivity index (χ3n) is 2.46. The number of carbonyl (C=O) groups is 1. The molecule has 0 heterocycles. The van der Waals surface area contributed by atoms with Crippen molar-refractivity contribution in [3.63, 3.8) is 0 Å². The zero-order chi connectivity index (χ0) is 15.4. The Morgan fingerprint density at radius 3 is 1.75 bits per heavy atom. The van der Waals surface area contributed by atoms with Crippen LogP contribution < -0.4 is 0 Å². The molecule has 0 amide bonds. The summed E-state index contributed by atoms with van der Waals surface area (Å²) in [4.78, 5) is 8.36. The first-order valence-corrected chi connectivity index (χ1v) is 6.42. The number of hydrogen-bond donors (Lipinski definition) is 2. The predicted octanol–water partition coefficient (Wildman–Crippen LogP) is 3.96. The van der Waals surface area contributed by atoms with Crippen LogP contribution in [-0.4, -0.2) is 16.7 Å². The van der Waals surface area contributed by atoms with E-state index in [1.165, 1.54) is 5.56 Å². The molecular weight excluding hydrogens is 252 g/mol. The van der Waals surface area contributed by atoms with Gasteiger partial charge in [0.05, 0.1) is 0 Å². The van der Waals surface area contributed by atoms with Crippen molar-refractivity contribution in [2.75, 3.05) is 0 Å². The lowest BCUT2D eigenvalue weighted by molar-refractivity contribution is -0.122. The Hall–Kier alpha value is -2.29. The summed E-state index contributed by atoms with van der Waals surface area (Å²) in [6, 6.07) is 16.0. The molecule has 108 valence electrons. The van der Waals surface area contributed by atoms with Gasteiger partial charge in [-0.15, -0.1) is 0 Å². The topological polar surface area (TPSA) is 57.5 Å². The molecule has 0 bridgehead atoms. The summed E-state index contributed by atoms with van der Waals surface area (Å²) in [7, 11) is 0. The average Bonchev–Trinajstić information content (AvgIpc) is 2.39. The SMILES string of the molecule is CCc1ccccc1.Cc1cc(C)cc(O)c1.O=CO. The van der Waals surface area contributed by atoms with Gasteiger partial charge in [-0.05, 0) is 49.1 Å². The van der Waals surface area contributed by atoms with Crippen molar-refractivity contribution in [3.8, 4) is 5.75 Å². The molecule has 3 heteroatoms. The summed E-state index contributed by atoms with van der Waals surface area (Å²) in [5, 5.41) is 15.9. The molecule has 2 aromatic carbocycles. The number of carboxylic acid groups (broad SMARTS) is 1. The number of rotatable bonds is 1. The highest BCUT2D eigenvalue weighted by atomic mass is 16.3. The first kappa shape index (κ1) is 17.7. The lowest BCUT2D eigenvalue weighted by Crippen LogP contribution is -1.74. The molecule has 0 saturated heterocycles. The Balaban J connectivity index is 0.000000304. The largest absolute Gasteiger partial charge is 0.508 e. The lowest BCUT2D eigenvalue weighted by Gasteiger charge is -1.95. The third-order valence-corrected chi connectivity index (χ3v) is 2.46. The van der Waals surface area contributed by atoms with Crippen molar-refractivity contribution < 1.29 is 15.0 Å². The number of aryl methyl sites for hydroxylation is 3. The first-order chi connectivity index (χ1) is 9.53. The number of benzene rings is 2. The van der Waals surface area contributed by atoms with E-state index < -0.39 is 0 Å². The summed E-state index contributed by atoms with van der Waals surface area (Å²) in [5.74, 6) is 0.354. The molecule has 0 atom stereocenters. The Bertz CT molecular complexity index is 442. The van der Waals surface area contributed by atoms with Crippen molar-refractivity contribution in [3.05, 3.63) is 65.2 Å². The zero-order valence-electron chi connectivity index (χ0n) is 12.2. The number of hydrogen-bond acceptors (Lipinski definition) is 2. The van der Waals surface area contributed by atoms with Crippen molar-refractivity contribution in [1.82, 2.24) is 0 Å². The number of phenolic OH excluding ortho intramolecular Hbond substituents is 1. The lowest BCUT2D eigenvalue weighted by atomic mass is 10.1. The Morgan fingerprint density at radius 1 is 1.00 bits per heavy atom. The highest BCUT2D eigenvalue weighted by Gasteiger charge is 1.89. The summed E-state index contributed by atoms with van der Waals surface area (Å²) >= 11 is 0. The van der Waals surface area contributed by atoms with Crippen LogP contribution in [0, 0.1) is 13.8 Å². The van der Waals surface area contributed by atoms with Crippen LogP contribution in [0.25, 0.3) is 0 Å². The molecule has 0 aliphatic heterocycles. The van der Waals surface area contributed by atoms with Crippen molar-refractivity contribution in [2.45, 2.75) is 27.2 Å². The van der Waals surface area contributed by atoms with Gasteiger partial charge in [0.25, 0.3) is 6.47 Å². The number of aromatic hydroxyl groups is 1. The third kappa shape index (κ3) is 8.75. The summed E-state index contributed by atoms with van der Waals surface area (Å²) < 4.78 is 0. The molecule has 2 rings (SSSR count). The molecule has 2 N–H and O–H groups in total. The highest BCUT2D eigenvalue weighted by Crippen LogP contribution is 2.13. The van der Waals surface area contributed by atoms with E-state index in [1.807, 2.05) is 26.0 Å². The molecule has 2 aromatic rings. The minimum absolute atomic E-state index is 0.250. The van der Waals surface area contributed by atoms with Gasteiger partial charge in [-0.1, -0.05) is 43.3 Å². The van der Waals surface area contributed by atoms with Crippen LogP contribution in [0.3, 0.4) is 0 Å². The van der Waals surface area contributed by atoms with Gasteiger partial charge in [-0.3, -0.25) is 4.79 Å². The molecule has 0 aliphatic rings. The molecule has 0 fully saturated rings. The second-order valence-electron chi connectivity index (χ2n) is 4.29. The Morgan fingerprint density at radius 2 is 1.45 bits per heavy atom. The van der Waals surface area contributed by atoms with Crippen LogP contribution in [0.5, 0.6) is 5.75 Å². The molecule has 20 heavy (non-hydrogen) atoms. The smallest absolute Gasteiger partial charge is 0.290 e. The van der Waals surface area contributed by atoms with Crippen LogP contribution in [0.2, 0.25) is 0 Å². The maximum absolute atomic E-state index is 8.99. The number of phenols is 1. The first-order valence-electron chi connectivity index (χ1n) is 6.42. The maximum atomic E-state index is 8.99. The Kier molecular flexibility index (Phi) is 9.40. The molecule has 0 aromatic heterocycles. The van der Waals surface area contributed by atoms with Crippen LogP contribution >= 0.6 is 0 Å². The molecule has 0 aliphatic carbocycles. The van der Waals surface area contributed by atoms with E-state index in [4.69, 9.17) is 15.0 Å².